The molecule has 3 nitrogen and oxygen atoms in total. The van der Waals surface area contributed by atoms with Crippen LogP contribution in [0.25, 0.3) is 0 Å². The fourth-order valence-electron chi connectivity index (χ4n) is 2.69. The quantitative estimate of drug-likeness (QED) is 0.871. The van der Waals surface area contributed by atoms with Gasteiger partial charge in [-0.1, -0.05) is 12.1 Å². The molecule has 0 spiro atoms. The lowest BCUT2D eigenvalue weighted by Crippen LogP contribution is -2.31. The normalized spacial score (nSPS) is 19.6. The van der Waals surface area contributed by atoms with Crippen LogP contribution in [0, 0.1) is 0 Å². The molecule has 0 bridgehead atoms. The summed E-state index contributed by atoms with van der Waals surface area (Å²) in [6.45, 7) is 6.01. The van der Waals surface area contributed by atoms with Crippen molar-refractivity contribution < 1.29 is 4.74 Å². The second kappa shape index (κ2) is 6.10. The Labute approximate surface area is 110 Å². The molecule has 1 heterocycles. The van der Waals surface area contributed by atoms with Gasteiger partial charge in [0.1, 0.15) is 5.75 Å². The number of rotatable bonds is 5. The van der Waals surface area contributed by atoms with E-state index < -0.39 is 0 Å². The highest BCUT2D eigenvalue weighted by molar-refractivity contribution is 5.59. The lowest BCUT2D eigenvalue weighted by molar-refractivity contribution is 0.242. The van der Waals surface area contributed by atoms with Gasteiger partial charge in [0.05, 0.1) is 11.8 Å². The summed E-state index contributed by atoms with van der Waals surface area (Å²) in [5.41, 5.74) is 6.93. The molecule has 1 aromatic rings. The molecule has 2 rings (SSSR count). The summed E-state index contributed by atoms with van der Waals surface area (Å²) in [6, 6.07) is 8.92. The lowest BCUT2D eigenvalue weighted by atomic mass is 10.1. The molecule has 1 aliphatic heterocycles. The molecule has 0 amide bonds. The molecule has 0 radical (unpaired) electrons. The van der Waals surface area contributed by atoms with Gasteiger partial charge in [-0.25, -0.2) is 0 Å². The molecule has 3 heteroatoms. The van der Waals surface area contributed by atoms with E-state index in [0.29, 0.717) is 6.04 Å². The lowest BCUT2D eigenvalue weighted by Gasteiger charge is -2.28. The Morgan fingerprint density at radius 1 is 1.39 bits per heavy atom. The van der Waals surface area contributed by atoms with Gasteiger partial charge in [-0.2, -0.15) is 0 Å². The molecule has 1 saturated heterocycles. The average molecular weight is 248 g/mol. The van der Waals surface area contributed by atoms with Crippen LogP contribution in [0.4, 0.5) is 5.69 Å². The van der Waals surface area contributed by atoms with Crippen LogP contribution < -0.4 is 15.4 Å². The third-order valence-electron chi connectivity index (χ3n) is 3.41. The molecule has 100 valence electrons. The topological polar surface area (TPSA) is 38.5 Å². The van der Waals surface area contributed by atoms with Crippen molar-refractivity contribution in [1.29, 1.82) is 0 Å². The van der Waals surface area contributed by atoms with E-state index in [1.807, 2.05) is 6.07 Å². The molecule has 0 saturated carbocycles. The van der Waals surface area contributed by atoms with Gasteiger partial charge in [-0.05, 0) is 51.8 Å². The molecule has 1 fully saturated rings. The first-order chi connectivity index (χ1) is 8.72. The number of hydrogen-bond acceptors (Lipinski definition) is 3. The standard InChI is InChI=1S/C15H24N2O/c1-12(2)18-15-8-4-3-7-14(15)17-11-5-6-13(17)9-10-16/h3-4,7-8,12-13H,5-6,9-11,16H2,1-2H3. The molecule has 2 N–H and O–H groups in total. The van der Waals surface area contributed by atoms with E-state index in [2.05, 4.69) is 36.9 Å². The Bertz CT molecular complexity index is 379. The SMILES string of the molecule is CC(C)Oc1ccccc1N1CCCC1CCN. The summed E-state index contributed by atoms with van der Waals surface area (Å²) in [5.74, 6) is 0.997. The van der Waals surface area contributed by atoms with Crippen LogP contribution in [0.1, 0.15) is 33.1 Å². The third-order valence-corrected chi connectivity index (χ3v) is 3.41. The summed E-state index contributed by atoms with van der Waals surface area (Å²) in [5, 5.41) is 0. The van der Waals surface area contributed by atoms with Crippen LogP contribution in [-0.2, 0) is 0 Å². The largest absolute Gasteiger partial charge is 0.489 e. The molecular weight excluding hydrogens is 224 g/mol. The smallest absolute Gasteiger partial charge is 0.142 e. The van der Waals surface area contributed by atoms with E-state index in [1.54, 1.807) is 0 Å². The highest BCUT2D eigenvalue weighted by atomic mass is 16.5. The summed E-state index contributed by atoms with van der Waals surface area (Å²) in [4.78, 5) is 2.46. The zero-order valence-electron chi connectivity index (χ0n) is 11.4. The molecule has 1 unspecified atom stereocenters. The fourth-order valence-corrected chi connectivity index (χ4v) is 2.69. The summed E-state index contributed by atoms with van der Waals surface area (Å²) < 4.78 is 5.91. The maximum absolute atomic E-state index is 5.91. The minimum Gasteiger partial charge on any atom is -0.489 e. The molecule has 0 aliphatic carbocycles. The van der Waals surface area contributed by atoms with Crippen molar-refractivity contribution in [3.63, 3.8) is 0 Å². The summed E-state index contributed by atoms with van der Waals surface area (Å²) in [6.07, 6.45) is 3.77. The minimum atomic E-state index is 0.210. The van der Waals surface area contributed by atoms with Crippen LogP contribution in [0.5, 0.6) is 5.75 Å². The highest BCUT2D eigenvalue weighted by Gasteiger charge is 2.26. The monoisotopic (exact) mass is 248 g/mol. The number of hydrogen-bond donors (Lipinski definition) is 1. The molecular formula is C15H24N2O. The molecule has 1 aromatic carbocycles. The van der Waals surface area contributed by atoms with Crippen LogP contribution >= 0.6 is 0 Å². The zero-order chi connectivity index (χ0) is 13.0. The van der Waals surface area contributed by atoms with E-state index >= 15 is 0 Å². The van der Waals surface area contributed by atoms with Crippen LogP contribution in [0.2, 0.25) is 0 Å². The maximum atomic E-state index is 5.91. The Morgan fingerprint density at radius 2 is 2.17 bits per heavy atom. The number of ether oxygens (including phenoxy) is 1. The first-order valence-corrected chi connectivity index (χ1v) is 6.94. The highest BCUT2D eigenvalue weighted by Crippen LogP contribution is 2.34. The van der Waals surface area contributed by atoms with Gasteiger partial charge in [0.25, 0.3) is 0 Å². The fraction of sp³-hybridized carbons (Fsp3) is 0.600. The van der Waals surface area contributed by atoms with Gasteiger partial charge in [-0.3, -0.25) is 0 Å². The Hall–Kier alpha value is -1.22. The molecule has 1 aliphatic rings. The van der Waals surface area contributed by atoms with E-state index in [0.717, 1.165) is 25.3 Å². The van der Waals surface area contributed by atoms with Gasteiger partial charge >= 0.3 is 0 Å². The van der Waals surface area contributed by atoms with Crippen LogP contribution in [0.15, 0.2) is 24.3 Å². The maximum Gasteiger partial charge on any atom is 0.142 e. The van der Waals surface area contributed by atoms with Gasteiger partial charge in [0.2, 0.25) is 0 Å². The van der Waals surface area contributed by atoms with E-state index in [9.17, 15) is 0 Å². The van der Waals surface area contributed by atoms with Gasteiger partial charge in [0, 0.05) is 12.6 Å². The zero-order valence-corrected chi connectivity index (χ0v) is 11.4. The van der Waals surface area contributed by atoms with E-state index in [1.165, 1.54) is 18.5 Å². The Morgan fingerprint density at radius 3 is 2.89 bits per heavy atom. The van der Waals surface area contributed by atoms with Crippen molar-refractivity contribution in [2.75, 3.05) is 18.0 Å². The van der Waals surface area contributed by atoms with Crippen LogP contribution in [-0.4, -0.2) is 25.2 Å². The van der Waals surface area contributed by atoms with E-state index in [4.69, 9.17) is 10.5 Å². The number of para-hydroxylation sites is 2. The molecule has 1 atom stereocenters. The number of benzene rings is 1. The second-order valence-electron chi connectivity index (χ2n) is 5.20. The van der Waals surface area contributed by atoms with Crippen molar-refractivity contribution in [1.82, 2.24) is 0 Å². The average Bonchev–Trinajstić information content (AvgIpc) is 2.78. The third kappa shape index (κ3) is 2.96. The van der Waals surface area contributed by atoms with E-state index in [-0.39, 0.29) is 6.10 Å². The van der Waals surface area contributed by atoms with Crippen molar-refractivity contribution in [3.8, 4) is 5.75 Å². The van der Waals surface area contributed by atoms with Gasteiger partial charge in [0.15, 0.2) is 0 Å². The van der Waals surface area contributed by atoms with Crippen LogP contribution in [0.3, 0.4) is 0 Å². The first-order valence-electron chi connectivity index (χ1n) is 6.94. The van der Waals surface area contributed by atoms with Gasteiger partial charge < -0.3 is 15.4 Å². The summed E-state index contributed by atoms with van der Waals surface area (Å²) in [7, 11) is 0. The molecule has 18 heavy (non-hydrogen) atoms. The van der Waals surface area contributed by atoms with Gasteiger partial charge in [-0.15, -0.1) is 0 Å². The van der Waals surface area contributed by atoms with Crippen molar-refractivity contribution in [3.05, 3.63) is 24.3 Å². The van der Waals surface area contributed by atoms with Crippen molar-refractivity contribution >= 4 is 5.69 Å². The van der Waals surface area contributed by atoms with Crippen molar-refractivity contribution in [2.24, 2.45) is 5.73 Å². The summed E-state index contributed by atoms with van der Waals surface area (Å²) >= 11 is 0. The second-order valence-corrected chi connectivity index (χ2v) is 5.20. The Kier molecular flexibility index (Phi) is 4.48. The Balaban J connectivity index is 2.20. The number of nitrogens with zero attached hydrogens (tertiary/aromatic N) is 1. The predicted octanol–water partition coefficient (Wildman–Crippen LogP) is 2.79. The van der Waals surface area contributed by atoms with Crippen molar-refractivity contribution in [2.45, 2.75) is 45.3 Å². The first kappa shape index (κ1) is 13.2. The molecule has 0 aromatic heterocycles. The predicted molar refractivity (Wildman–Crippen MR) is 76.2 cm³/mol. The minimum absolute atomic E-state index is 0.210. The number of nitrogens with two attached hydrogens (primary N) is 1. The number of anilines is 1.